The van der Waals surface area contributed by atoms with Crippen molar-refractivity contribution in [3.63, 3.8) is 0 Å². The van der Waals surface area contributed by atoms with Gasteiger partial charge in [0.1, 0.15) is 0 Å². The summed E-state index contributed by atoms with van der Waals surface area (Å²) in [4.78, 5) is 0. The maximum atomic E-state index is 6.15. The fraction of sp³-hybridized carbons (Fsp3) is 1.00. The maximum absolute atomic E-state index is 6.15. The van der Waals surface area contributed by atoms with Crippen LogP contribution >= 0.6 is 0 Å². The van der Waals surface area contributed by atoms with Crippen molar-refractivity contribution in [3.8, 4) is 0 Å². The molecule has 2 atom stereocenters. The second-order valence-electron chi connectivity index (χ2n) is 5.03. The minimum absolute atomic E-state index is 0.0996. The highest BCUT2D eigenvalue weighted by Crippen LogP contribution is 2.30. The van der Waals surface area contributed by atoms with Crippen LogP contribution < -0.4 is 0 Å². The third-order valence-electron chi connectivity index (χ3n) is 3.51. The first-order valence-electron chi connectivity index (χ1n) is 7.43. The Balaban J connectivity index is 4.58. The van der Waals surface area contributed by atoms with Crippen molar-refractivity contribution in [2.75, 3.05) is 7.11 Å². The lowest BCUT2D eigenvalue weighted by molar-refractivity contribution is -0.333. The van der Waals surface area contributed by atoms with Gasteiger partial charge in [-0.3, -0.25) is 0 Å². The van der Waals surface area contributed by atoms with E-state index in [0.29, 0.717) is 0 Å². The van der Waals surface area contributed by atoms with Gasteiger partial charge in [-0.2, -0.15) is 0 Å². The van der Waals surface area contributed by atoms with Crippen LogP contribution in [0.5, 0.6) is 0 Å². The van der Waals surface area contributed by atoms with Crippen LogP contribution in [0.25, 0.3) is 0 Å². The van der Waals surface area contributed by atoms with Crippen LogP contribution in [-0.4, -0.2) is 25.3 Å². The fourth-order valence-corrected chi connectivity index (χ4v) is 2.21. The zero-order valence-corrected chi connectivity index (χ0v) is 13.1. The number of hydrogen-bond donors (Lipinski definition) is 0. The molecule has 0 aromatic carbocycles. The van der Waals surface area contributed by atoms with Crippen molar-refractivity contribution in [1.29, 1.82) is 0 Å². The molecule has 0 saturated heterocycles. The molecule has 0 bridgehead atoms. The standard InChI is InChI=1S/C15H32O3/c1-7-11-15(10-4,12-8-2)18-14(16-6)17-13(5)9-3/h13-14H,7-12H2,1-6H3. The van der Waals surface area contributed by atoms with E-state index in [-0.39, 0.29) is 11.7 Å². The van der Waals surface area contributed by atoms with Gasteiger partial charge in [0, 0.05) is 7.11 Å². The van der Waals surface area contributed by atoms with E-state index >= 15 is 0 Å². The first-order valence-corrected chi connectivity index (χ1v) is 7.43. The first kappa shape index (κ1) is 17.9. The van der Waals surface area contributed by atoms with Crippen LogP contribution in [0.15, 0.2) is 0 Å². The van der Waals surface area contributed by atoms with E-state index in [4.69, 9.17) is 14.2 Å². The lowest BCUT2D eigenvalue weighted by Gasteiger charge is -2.36. The zero-order valence-electron chi connectivity index (χ0n) is 13.1. The van der Waals surface area contributed by atoms with Crippen molar-refractivity contribution in [2.45, 2.75) is 91.3 Å². The molecular formula is C15H32O3. The van der Waals surface area contributed by atoms with Crippen LogP contribution in [0.1, 0.15) is 73.1 Å². The normalized spacial score (nSPS) is 15.7. The Hall–Kier alpha value is -0.120. The van der Waals surface area contributed by atoms with Gasteiger partial charge < -0.3 is 14.2 Å². The molecule has 0 rings (SSSR count). The average molecular weight is 260 g/mol. The Kier molecular flexibility index (Phi) is 9.70. The van der Waals surface area contributed by atoms with E-state index in [2.05, 4.69) is 27.7 Å². The van der Waals surface area contributed by atoms with Crippen LogP contribution in [0.2, 0.25) is 0 Å². The first-order chi connectivity index (χ1) is 8.57. The largest absolute Gasteiger partial charge is 0.333 e. The molecule has 3 heteroatoms. The highest BCUT2D eigenvalue weighted by molar-refractivity contribution is 4.78. The Labute approximate surface area is 113 Å². The Morgan fingerprint density at radius 3 is 1.89 bits per heavy atom. The van der Waals surface area contributed by atoms with Crippen molar-refractivity contribution < 1.29 is 14.2 Å². The van der Waals surface area contributed by atoms with E-state index < -0.39 is 6.48 Å². The molecule has 110 valence electrons. The van der Waals surface area contributed by atoms with Gasteiger partial charge in [0.2, 0.25) is 0 Å². The summed E-state index contributed by atoms with van der Waals surface area (Å²) >= 11 is 0. The minimum Gasteiger partial charge on any atom is -0.333 e. The molecule has 0 saturated carbocycles. The predicted molar refractivity (Wildman–Crippen MR) is 75.6 cm³/mol. The molecular weight excluding hydrogens is 228 g/mol. The van der Waals surface area contributed by atoms with Crippen LogP contribution in [0.4, 0.5) is 0 Å². The van der Waals surface area contributed by atoms with Crippen molar-refractivity contribution >= 4 is 0 Å². The molecule has 0 amide bonds. The highest BCUT2D eigenvalue weighted by atomic mass is 16.8. The molecule has 2 unspecified atom stereocenters. The monoisotopic (exact) mass is 260 g/mol. The number of methoxy groups -OCH3 is 1. The third kappa shape index (κ3) is 6.17. The molecule has 3 nitrogen and oxygen atoms in total. The van der Waals surface area contributed by atoms with Gasteiger partial charge in [-0.25, -0.2) is 0 Å². The molecule has 0 aliphatic carbocycles. The number of ether oxygens (including phenoxy) is 3. The van der Waals surface area contributed by atoms with Crippen LogP contribution in [0, 0.1) is 0 Å². The number of rotatable bonds is 11. The summed E-state index contributed by atoms with van der Waals surface area (Å²) in [6.07, 6.45) is 6.47. The van der Waals surface area contributed by atoms with Crippen molar-refractivity contribution in [1.82, 2.24) is 0 Å². The predicted octanol–water partition coefficient (Wildman–Crippen LogP) is 4.50. The molecule has 18 heavy (non-hydrogen) atoms. The molecule has 0 aromatic heterocycles. The van der Waals surface area contributed by atoms with E-state index in [0.717, 1.165) is 38.5 Å². The summed E-state index contributed by atoms with van der Waals surface area (Å²) in [5.74, 6) is 0. The molecule has 0 aliphatic heterocycles. The molecule has 0 radical (unpaired) electrons. The summed E-state index contributed by atoms with van der Waals surface area (Å²) in [6.45, 7) is 10.2. The van der Waals surface area contributed by atoms with Crippen molar-refractivity contribution in [3.05, 3.63) is 0 Å². The van der Waals surface area contributed by atoms with Gasteiger partial charge in [0.25, 0.3) is 6.48 Å². The van der Waals surface area contributed by atoms with Gasteiger partial charge in [-0.15, -0.1) is 0 Å². The number of hydrogen-bond acceptors (Lipinski definition) is 3. The summed E-state index contributed by atoms with van der Waals surface area (Å²) in [6, 6.07) is 0. The van der Waals surface area contributed by atoms with E-state index in [9.17, 15) is 0 Å². The van der Waals surface area contributed by atoms with E-state index in [1.807, 2.05) is 6.92 Å². The fourth-order valence-electron chi connectivity index (χ4n) is 2.21. The maximum Gasteiger partial charge on any atom is 0.272 e. The van der Waals surface area contributed by atoms with E-state index in [1.54, 1.807) is 7.11 Å². The Morgan fingerprint density at radius 1 is 1.00 bits per heavy atom. The summed E-state index contributed by atoms with van der Waals surface area (Å²) in [7, 11) is 1.64. The highest BCUT2D eigenvalue weighted by Gasteiger charge is 2.31. The average Bonchev–Trinajstić information content (AvgIpc) is 2.38. The zero-order chi connectivity index (χ0) is 14.0. The molecule has 0 heterocycles. The molecule has 0 spiro atoms. The second-order valence-corrected chi connectivity index (χ2v) is 5.03. The second kappa shape index (κ2) is 9.76. The molecule has 0 N–H and O–H groups in total. The minimum atomic E-state index is -0.544. The summed E-state index contributed by atoms with van der Waals surface area (Å²) in [5.41, 5.74) is -0.0996. The quantitative estimate of drug-likeness (QED) is 0.512. The lowest BCUT2D eigenvalue weighted by Crippen LogP contribution is -2.39. The molecule has 0 aromatic rings. The van der Waals surface area contributed by atoms with Crippen molar-refractivity contribution in [2.24, 2.45) is 0 Å². The van der Waals surface area contributed by atoms with Gasteiger partial charge in [-0.1, -0.05) is 40.5 Å². The van der Waals surface area contributed by atoms with Gasteiger partial charge in [0.15, 0.2) is 0 Å². The summed E-state index contributed by atoms with van der Waals surface area (Å²) < 4.78 is 17.2. The Bertz CT molecular complexity index is 188. The SMILES string of the molecule is CCCC(CC)(CCC)OC(OC)OC(C)CC. The lowest BCUT2D eigenvalue weighted by atomic mass is 9.90. The molecule has 0 aliphatic rings. The van der Waals surface area contributed by atoms with Gasteiger partial charge in [0.05, 0.1) is 11.7 Å². The summed E-state index contributed by atoms with van der Waals surface area (Å²) in [5, 5.41) is 0. The van der Waals surface area contributed by atoms with E-state index in [1.165, 1.54) is 0 Å². The van der Waals surface area contributed by atoms with Gasteiger partial charge in [-0.05, 0) is 32.6 Å². The third-order valence-corrected chi connectivity index (χ3v) is 3.51. The van der Waals surface area contributed by atoms with Crippen LogP contribution in [-0.2, 0) is 14.2 Å². The smallest absolute Gasteiger partial charge is 0.272 e. The topological polar surface area (TPSA) is 27.7 Å². The molecule has 0 fully saturated rings. The van der Waals surface area contributed by atoms with Gasteiger partial charge >= 0.3 is 0 Å². The Morgan fingerprint density at radius 2 is 1.56 bits per heavy atom. The van der Waals surface area contributed by atoms with Crippen LogP contribution in [0.3, 0.4) is 0 Å².